The molecule has 7 nitrogen and oxygen atoms in total. The van der Waals surface area contributed by atoms with Gasteiger partial charge in [0.15, 0.2) is 5.82 Å². The average molecular weight is 309 g/mol. The minimum absolute atomic E-state index is 0.234. The lowest BCUT2D eigenvalue weighted by Gasteiger charge is -2.07. The van der Waals surface area contributed by atoms with Crippen molar-refractivity contribution in [3.8, 4) is 11.4 Å². The van der Waals surface area contributed by atoms with Crippen molar-refractivity contribution in [1.29, 1.82) is 0 Å². The number of H-pyrrole nitrogens is 1. The van der Waals surface area contributed by atoms with Crippen LogP contribution in [0, 0.1) is 6.92 Å². The molecule has 0 aliphatic carbocycles. The number of aromatic amines is 1. The monoisotopic (exact) mass is 309 g/mol. The van der Waals surface area contributed by atoms with E-state index in [0.29, 0.717) is 17.1 Å². The van der Waals surface area contributed by atoms with Gasteiger partial charge in [-0.15, -0.1) is 0 Å². The van der Waals surface area contributed by atoms with Crippen molar-refractivity contribution < 1.29 is 4.79 Å². The van der Waals surface area contributed by atoms with Gasteiger partial charge in [0.05, 0.1) is 0 Å². The van der Waals surface area contributed by atoms with E-state index in [0.717, 1.165) is 11.4 Å². The van der Waals surface area contributed by atoms with Crippen LogP contribution in [-0.2, 0) is 7.05 Å². The van der Waals surface area contributed by atoms with Crippen molar-refractivity contribution in [1.82, 2.24) is 19.7 Å². The van der Waals surface area contributed by atoms with Crippen molar-refractivity contribution >= 4 is 11.6 Å². The molecule has 1 amide bonds. The van der Waals surface area contributed by atoms with E-state index in [4.69, 9.17) is 0 Å². The van der Waals surface area contributed by atoms with Crippen LogP contribution in [0.1, 0.15) is 16.2 Å². The zero-order valence-corrected chi connectivity index (χ0v) is 12.7. The van der Waals surface area contributed by atoms with Gasteiger partial charge in [0.25, 0.3) is 11.5 Å². The molecule has 0 radical (unpaired) electrons. The second-order valence-corrected chi connectivity index (χ2v) is 5.14. The van der Waals surface area contributed by atoms with Gasteiger partial charge in [0.2, 0.25) is 0 Å². The van der Waals surface area contributed by atoms with E-state index in [2.05, 4.69) is 20.5 Å². The van der Waals surface area contributed by atoms with Crippen molar-refractivity contribution in [2.75, 3.05) is 5.32 Å². The molecule has 2 heterocycles. The summed E-state index contributed by atoms with van der Waals surface area (Å²) in [6.07, 6.45) is 1.56. The summed E-state index contributed by atoms with van der Waals surface area (Å²) in [6.45, 7) is 1.82. The number of aromatic nitrogens is 4. The predicted molar refractivity (Wildman–Crippen MR) is 86.2 cm³/mol. The number of benzene rings is 1. The average Bonchev–Trinajstić information content (AvgIpc) is 2.97. The summed E-state index contributed by atoms with van der Waals surface area (Å²) >= 11 is 0. The normalized spacial score (nSPS) is 10.5. The Hall–Kier alpha value is -3.22. The van der Waals surface area contributed by atoms with Gasteiger partial charge in [-0.25, -0.2) is 4.98 Å². The van der Waals surface area contributed by atoms with E-state index in [-0.39, 0.29) is 11.5 Å². The quantitative estimate of drug-likeness (QED) is 0.770. The Bertz CT molecular complexity index is 926. The van der Waals surface area contributed by atoms with E-state index in [1.165, 1.54) is 10.6 Å². The number of hydrogen-bond donors (Lipinski definition) is 2. The summed E-state index contributed by atoms with van der Waals surface area (Å²) in [4.78, 5) is 28.1. The number of carbonyl (C=O) groups is 1. The molecule has 0 bridgehead atoms. The number of rotatable bonds is 3. The highest BCUT2D eigenvalue weighted by Gasteiger charge is 2.09. The first-order valence-corrected chi connectivity index (χ1v) is 7.00. The first-order chi connectivity index (χ1) is 11.0. The van der Waals surface area contributed by atoms with Gasteiger partial charge in [-0.1, -0.05) is 12.1 Å². The molecule has 0 fully saturated rings. The number of nitrogens with zero attached hydrogens (tertiary/aromatic N) is 3. The fraction of sp³-hybridized carbons (Fsp3) is 0.125. The van der Waals surface area contributed by atoms with Crippen LogP contribution in [0.15, 0.2) is 47.4 Å². The third-order valence-corrected chi connectivity index (χ3v) is 3.34. The van der Waals surface area contributed by atoms with E-state index in [9.17, 15) is 9.59 Å². The maximum Gasteiger partial charge on any atom is 0.255 e. The fourth-order valence-electron chi connectivity index (χ4n) is 2.10. The molecule has 0 aliphatic heterocycles. The smallest absolute Gasteiger partial charge is 0.255 e. The van der Waals surface area contributed by atoms with Crippen LogP contribution in [0.2, 0.25) is 0 Å². The summed E-state index contributed by atoms with van der Waals surface area (Å²) < 4.78 is 1.41. The summed E-state index contributed by atoms with van der Waals surface area (Å²) in [7, 11) is 1.63. The molecule has 0 unspecified atom stereocenters. The largest absolute Gasteiger partial charge is 0.322 e. The van der Waals surface area contributed by atoms with Crippen LogP contribution in [0.25, 0.3) is 11.4 Å². The van der Waals surface area contributed by atoms with E-state index < -0.39 is 0 Å². The van der Waals surface area contributed by atoms with Crippen molar-refractivity contribution in [2.45, 2.75) is 6.92 Å². The standard InChI is InChI=1S/C16H15N5O2/c1-10-17-15(20-19-10)11-4-3-5-13(8-11)18-16(23)12-6-7-21(2)14(22)9-12/h3-9H,1-2H3,(H,18,23)(H,17,19,20). The van der Waals surface area contributed by atoms with E-state index in [1.54, 1.807) is 37.5 Å². The molecule has 0 saturated carbocycles. The molecule has 7 heteroatoms. The summed E-state index contributed by atoms with van der Waals surface area (Å²) in [5.74, 6) is 0.938. The molecule has 0 atom stereocenters. The summed E-state index contributed by atoms with van der Waals surface area (Å²) in [5, 5.41) is 9.64. The van der Waals surface area contributed by atoms with Crippen LogP contribution < -0.4 is 10.9 Å². The van der Waals surface area contributed by atoms with Crippen molar-refractivity contribution in [3.05, 3.63) is 64.3 Å². The molecule has 23 heavy (non-hydrogen) atoms. The number of pyridine rings is 1. The Kier molecular flexibility index (Phi) is 3.76. The molecule has 1 aromatic carbocycles. The lowest BCUT2D eigenvalue weighted by Crippen LogP contribution is -2.19. The minimum atomic E-state index is -0.342. The Balaban J connectivity index is 1.84. The second-order valence-electron chi connectivity index (χ2n) is 5.14. The van der Waals surface area contributed by atoms with Crippen LogP contribution in [0.5, 0.6) is 0 Å². The maximum absolute atomic E-state index is 12.2. The van der Waals surface area contributed by atoms with Crippen LogP contribution in [-0.4, -0.2) is 25.7 Å². The van der Waals surface area contributed by atoms with Crippen LogP contribution >= 0.6 is 0 Å². The number of nitrogens with one attached hydrogen (secondary N) is 2. The molecule has 0 spiro atoms. The highest BCUT2D eigenvalue weighted by atomic mass is 16.2. The van der Waals surface area contributed by atoms with Gasteiger partial charge in [-0.3, -0.25) is 14.7 Å². The molecular formula is C16H15N5O2. The summed E-state index contributed by atoms with van der Waals surface area (Å²) in [5.41, 5.74) is 1.47. The third kappa shape index (κ3) is 3.18. The number of hydrogen-bond acceptors (Lipinski definition) is 4. The SMILES string of the molecule is Cc1nc(-c2cccc(NC(=O)c3ccn(C)c(=O)c3)c2)n[nH]1. The van der Waals surface area contributed by atoms with Gasteiger partial charge in [0, 0.05) is 36.1 Å². The first-order valence-electron chi connectivity index (χ1n) is 7.00. The van der Waals surface area contributed by atoms with Crippen LogP contribution in [0.3, 0.4) is 0 Å². The molecule has 0 saturated heterocycles. The zero-order chi connectivity index (χ0) is 16.4. The number of aryl methyl sites for hydroxylation is 2. The number of carbonyl (C=O) groups excluding carboxylic acids is 1. The Labute approximate surface area is 132 Å². The lowest BCUT2D eigenvalue weighted by molar-refractivity contribution is 0.102. The molecule has 3 rings (SSSR count). The van der Waals surface area contributed by atoms with E-state index >= 15 is 0 Å². The van der Waals surface area contributed by atoms with Gasteiger partial charge in [-0.05, 0) is 25.1 Å². The minimum Gasteiger partial charge on any atom is -0.322 e. The Morgan fingerprint density at radius 1 is 1.26 bits per heavy atom. The molecule has 0 aliphatic rings. The van der Waals surface area contributed by atoms with Gasteiger partial charge < -0.3 is 9.88 Å². The van der Waals surface area contributed by atoms with Gasteiger partial charge in [-0.2, -0.15) is 5.10 Å². The van der Waals surface area contributed by atoms with Gasteiger partial charge >= 0.3 is 0 Å². The molecule has 116 valence electrons. The Morgan fingerprint density at radius 2 is 2.09 bits per heavy atom. The number of amides is 1. The number of anilines is 1. The van der Waals surface area contributed by atoms with Crippen molar-refractivity contribution in [3.63, 3.8) is 0 Å². The van der Waals surface area contributed by atoms with Crippen LogP contribution in [0.4, 0.5) is 5.69 Å². The molecular weight excluding hydrogens is 294 g/mol. The molecule has 3 aromatic rings. The van der Waals surface area contributed by atoms with E-state index in [1.807, 2.05) is 13.0 Å². The zero-order valence-electron chi connectivity index (χ0n) is 12.7. The topological polar surface area (TPSA) is 92.7 Å². The first kappa shape index (κ1) is 14.7. The van der Waals surface area contributed by atoms with Crippen molar-refractivity contribution in [2.24, 2.45) is 7.05 Å². The predicted octanol–water partition coefficient (Wildman–Crippen LogP) is 1.73. The molecule has 2 aromatic heterocycles. The third-order valence-electron chi connectivity index (χ3n) is 3.34. The van der Waals surface area contributed by atoms with Gasteiger partial charge in [0.1, 0.15) is 5.82 Å². The molecule has 2 N–H and O–H groups in total. The highest BCUT2D eigenvalue weighted by molar-refractivity contribution is 6.04. The summed E-state index contributed by atoms with van der Waals surface area (Å²) in [6, 6.07) is 10.1. The fourth-order valence-corrected chi connectivity index (χ4v) is 2.10. The Morgan fingerprint density at radius 3 is 2.78 bits per heavy atom. The highest BCUT2D eigenvalue weighted by Crippen LogP contribution is 2.19. The second kappa shape index (κ2) is 5.88. The lowest BCUT2D eigenvalue weighted by atomic mass is 10.2. The maximum atomic E-state index is 12.2.